The fraction of sp³-hybridized carbons (Fsp3) is 0.320. The predicted molar refractivity (Wildman–Crippen MR) is 123 cm³/mol. The van der Waals surface area contributed by atoms with Crippen molar-refractivity contribution >= 4 is 16.9 Å². The molecule has 2 aromatic carbocycles. The molecule has 1 fully saturated rings. The number of fused-ring (bicyclic) bond motifs is 1. The van der Waals surface area contributed by atoms with Crippen LogP contribution in [0.25, 0.3) is 22.4 Å². The van der Waals surface area contributed by atoms with Gasteiger partial charge in [-0.05, 0) is 19.1 Å². The van der Waals surface area contributed by atoms with Crippen LogP contribution in [0.4, 0.5) is 0 Å². The minimum atomic E-state index is -0.0139. The Balaban J connectivity index is 1.19. The zero-order chi connectivity index (χ0) is 22.8. The van der Waals surface area contributed by atoms with Gasteiger partial charge in [0.05, 0.1) is 25.8 Å². The molecule has 0 bridgehead atoms. The summed E-state index contributed by atoms with van der Waals surface area (Å²) in [5.41, 5.74) is 2.55. The molecule has 0 aliphatic carbocycles. The summed E-state index contributed by atoms with van der Waals surface area (Å²) in [6, 6.07) is 15.4. The molecule has 33 heavy (non-hydrogen) atoms. The first-order chi connectivity index (χ1) is 16.1. The van der Waals surface area contributed by atoms with E-state index in [1.54, 1.807) is 13.4 Å². The minimum Gasteiger partial charge on any atom is -0.497 e. The Kier molecular flexibility index (Phi) is 5.83. The third kappa shape index (κ3) is 4.34. The standard InChI is InChI=1S/C25H26N4O4/c1-17(25-26-24(27-33-25)18-6-4-3-5-7-18)28-10-12-29(13-11-28)23(30)14-19-16-32-22-15-20(31-2)8-9-21(19)22/h3-9,15-17H,10-14H2,1-2H3. The molecule has 1 unspecified atom stereocenters. The lowest BCUT2D eigenvalue weighted by Gasteiger charge is -2.36. The predicted octanol–water partition coefficient (Wildman–Crippen LogP) is 3.94. The molecule has 3 heterocycles. The molecule has 0 spiro atoms. The first kappa shape index (κ1) is 21.2. The van der Waals surface area contributed by atoms with E-state index in [-0.39, 0.29) is 11.9 Å². The van der Waals surface area contributed by atoms with Gasteiger partial charge in [-0.2, -0.15) is 4.98 Å². The Morgan fingerprint density at radius 1 is 1.12 bits per heavy atom. The maximum atomic E-state index is 12.9. The van der Waals surface area contributed by atoms with E-state index in [0.717, 1.165) is 40.9 Å². The number of ether oxygens (including phenoxy) is 1. The number of nitrogens with zero attached hydrogens (tertiary/aromatic N) is 4. The van der Waals surface area contributed by atoms with Crippen LogP contribution in [0.3, 0.4) is 0 Å². The normalized spacial score (nSPS) is 15.6. The molecule has 1 aliphatic heterocycles. The van der Waals surface area contributed by atoms with E-state index in [4.69, 9.17) is 13.7 Å². The van der Waals surface area contributed by atoms with Gasteiger partial charge in [0.2, 0.25) is 17.6 Å². The summed E-state index contributed by atoms with van der Waals surface area (Å²) in [7, 11) is 1.62. The van der Waals surface area contributed by atoms with Gasteiger partial charge in [0.1, 0.15) is 11.3 Å². The van der Waals surface area contributed by atoms with Crippen molar-refractivity contribution in [1.82, 2.24) is 19.9 Å². The second-order valence-corrected chi connectivity index (χ2v) is 8.21. The average Bonchev–Trinajstić information content (AvgIpc) is 3.52. The number of hydrogen-bond acceptors (Lipinski definition) is 7. The summed E-state index contributed by atoms with van der Waals surface area (Å²) >= 11 is 0. The number of rotatable bonds is 6. The molecule has 5 rings (SSSR count). The summed E-state index contributed by atoms with van der Waals surface area (Å²) in [5.74, 6) is 2.02. The number of furan rings is 1. The highest BCUT2D eigenvalue weighted by molar-refractivity contribution is 5.88. The molecule has 0 saturated carbocycles. The number of aromatic nitrogens is 2. The molecule has 8 nitrogen and oxygen atoms in total. The van der Waals surface area contributed by atoms with Crippen molar-refractivity contribution in [3.8, 4) is 17.1 Å². The minimum absolute atomic E-state index is 0.0139. The third-order valence-electron chi connectivity index (χ3n) is 6.25. The van der Waals surface area contributed by atoms with E-state index in [1.165, 1.54) is 0 Å². The van der Waals surface area contributed by atoms with Crippen LogP contribution < -0.4 is 4.74 Å². The highest BCUT2D eigenvalue weighted by Gasteiger charge is 2.28. The number of carbonyl (C=O) groups excluding carboxylic acids is 1. The number of hydrogen-bond donors (Lipinski definition) is 0. The van der Waals surface area contributed by atoms with E-state index in [9.17, 15) is 4.79 Å². The van der Waals surface area contributed by atoms with Gasteiger partial charge in [0, 0.05) is 48.8 Å². The van der Waals surface area contributed by atoms with Gasteiger partial charge in [0.25, 0.3) is 0 Å². The lowest BCUT2D eigenvalue weighted by atomic mass is 10.1. The number of piperazine rings is 1. The molecular formula is C25H26N4O4. The van der Waals surface area contributed by atoms with Crippen LogP contribution in [0.1, 0.15) is 24.4 Å². The Bertz CT molecular complexity index is 1240. The third-order valence-corrected chi connectivity index (χ3v) is 6.25. The van der Waals surface area contributed by atoms with E-state index in [1.807, 2.05) is 53.4 Å². The Morgan fingerprint density at radius 2 is 1.91 bits per heavy atom. The summed E-state index contributed by atoms with van der Waals surface area (Å²) in [6.45, 7) is 4.88. The monoisotopic (exact) mass is 446 g/mol. The van der Waals surface area contributed by atoms with Crippen LogP contribution in [0.15, 0.2) is 63.7 Å². The number of amides is 1. The Labute approximate surface area is 191 Å². The first-order valence-electron chi connectivity index (χ1n) is 11.1. The number of methoxy groups -OCH3 is 1. The van der Waals surface area contributed by atoms with Crippen molar-refractivity contribution in [2.24, 2.45) is 0 Å². The molecule has 0 radical (unpaired) electrons. The maximum Gasteiger partial charge on any atom is 0.244 e. The SMILES string of the molecule is COc1ccc2c(CC(=O)N3CCN(C(C)c4nc(-c5ccccc5)no4)CC3)coc2c1. The lowest BCUT2D eigenvalue weighted by molar-refractivity contribution is -0.132. The highest BCUT2D eigenvalue weighted by atomic mass is 16.5. The van der Waals surface area contributed by atoms with Crippen LogP contribution in [0, 0.1) is 0 Å². The van der Waals surface area contributed by atoms with Crippen LogP contribution in [-0.4, -0.2) is 59.1 Å². The summed E-state index contributed by atoms with van der Waals surface area (Å²) in [5, 5.41) is 5.08. The molecular weight excluding hydrogens is 420 g/mol. The van der Waals surface area contributed by atoms with Gasteiger partial charge in [-0.3, -0.25) is 9.69 Å². The van der Waals surface area contributed by atoms with Gasteiger partial charge >= 0.3 is 0 Å². The molecule has 2 aromatic heterocycles. The maximum absolute atomic E-state index is 12.9. The van der Waals surface area contributed by atoms with Gasteiger partial charge in [-0.15, -0.1) is 0 Å². The summed E-state index contributed by atoms with van der Waals surface area (Å²) in [6.07, 6.45) is 1.99. The highest BCUT2D eigenvalue weighted by Crippen LogP contribution is 2.27. The number of benzene rings is 2. The zero-order valence-corrected chi connectivity index (χ0v) is 18.7. The van der Waals surface area contributed by atoms with Crippen LogP contribution in [-0.2, 0) is 11.2 Å². The fourth-order valence-corrected chi connectivity index (χ4v) is 4.23. The smallest absolute Gasteiger partial charge is 0.244 e. The molecule has 1 aliphatic rings. The van der Waals surface area contributed by atoms with E-state index < -0.39 is 0 Å². The largest absolute Gasteiger partial charge is 0.497 e. The van der Waals surface area contributed by atoms with E-state index in [2.05, 4.69) is 22.0 Å². The topological polar surface area (TPSA) is 84.8 Å². The Morgan fingerprint density at radius 3 is 2.67 bits per heavy atom. The van der Waals surface area contributed by atoms with Gasteiger partial charge < -0.3 is 18.6 Å². The van der Waals surface area contributed by atoms with E-state index >= 15 is 0 Å². The fourth-order valence-electron chi connectivity index (χ4n) is 4.23. The van der Waals surface area contributed by atoms with Crippen molar-refractivity contribution in [2.75, 3.05) is 33.3 Å². The molecule has 1 saturated heterocycles. The van der Waals surface area contributed by atoms with Crippen LogP contribution in [0.5, 0.6) is 5.75 Å². The van der Waals surface area contributed by atoms with Crippen molar-refractivity contribution in [2.45, 2.75) is 19.4 Å². The molecule has 0 N–H and O–H groups in total. The Hall–Kier alpha value is -3.65. The van der Waals surface area contributed by atoms with E-state index in [0.29, 0.717) is 31.2 Å². The van der Waals surface area contributed by atoms with Crippen LogP contribution >= 0.6 is 0 Å². The molecule has 4 aromatic rings. The lowest BCUT2D eigenvalue weighted by Crippen LogP contribution is -2.49. The molecule has 1 atom stereocenters. The first-order valence-corrected chi connectivity index (χ1v) is 11.1. The quantitative estimate of drug-likeness (QED) is 0.443. The molecule has 8 heteroatoms. The van der Waals surface area contributed by atoms with Gasteiger partial charge in [0.15, 0.2) is 0 Å². The second-order valence-electron chi connectivity index (χ2n) is 8.21. The van der Waals surface area contributed by atoms with Crippen molar-refractivity contribution < 1.29 is 18.5 Å². The zero-order valence-electron chi connectivity index (χ0n) is 18.7. The van der Waals surface area contributed by atoms with Gasteiger partial charge in [-0.25, -0.2) is 0 Å². The molecule has 170 valence electrons. The van der Waals surface area contributed by atoms with Crippen molar-refractivity contribution in [1.29, 1.82) is 0 Å². The van der Waals surface area contributed by atoms with Crippen molar-refractivity contribution in [3.05, 3.63) is 66.2 Å². The molecule has 1 amide bonds. The van der Waals surface area contributed by atoms with Gasteiger partial charge in [-0.1, -0.05) is 35.5 Å². The second kappa shape index (κ2) is 9.07. The summed E-state index contributed by atoms with van der Waals surface area (Å²) in [4.78, 5) is 21.7. The van der Waals surface area contributed by atoms with Crippen LogP contribution in [0.2, 0.25) is 0 Å². The summed E-state index contributed by atoms with van der Waals surface area (Å²) < 4.78 is 16.4. The average molecular weight is 447 g/mol. The number of carbonyl (C=O) groups is 1. The van der Waals surface area contributed by atoms with Crippen molar-refractivity contribution in [3.63, 3.8) is 0 Å².